The van der Waals surface area contributed by atoms with Crippen LogP contribution in [0.25, 0.3) is 10.9 Å². The highest BCUT2D eigenvalue weighted by Crippen LogP contribution is 2.34. The SMILES string of the molecule is COC(=O)[C@H](C[C@@H]1CCCNC1=O)NC(=O)[C@H](CC1CC1)NC(=O)c1cc2c(OC)cc(Cl)cc2[nH]1. The number of ether oxygens (including phenoxy) is 2. The summed E-state index contributed by atoms with van der Waals surface area (Å²) >= 11 is 6.13. The molecular weight excluding hydrogens is 488 g/mol. The van der Waals surface area contributed by atoms with Gasteiger partial charge in [-0.2, -0.15) is 0 Å². The second kappa shape index (κ2) is 11.2. The third-order valence-corrected chi connectivity index (χ3v) is 6.96. The van der Waals surface area contributed by atoms with E-state index in [1.807, 2.05) is 0 Å². The van der Waals surface area contributed by atoms with Crippen LogP contribution in [0.1, 0.15) is 49.0 Å². The zero-order valence-corrected chi connectivity index (χ0v) is 21.1. The zero-order chi connectivity index (χ0) is 25.8. The van der Waals surface area contributed by atoms with E-state index in [0.29, 0.717) is 47.0 Å². The molecule has 11 heteroatoms. The second-order valence-corrected chi connectivity index (χ2v) is 9.84. The predicted octanol–water partition coefficient (Wildman–Crippen LogP) is 2.30. The van der Waals surface area contributed by atoms with Crippen molar-refractivity contribution in [3.05, 3.63) is 28.9 Å². The van der Waals surface area contributed by atoms with Crippen LogP contribution in [-0.4, -0.2) is 61.5 Å². The Morgan fingerprint density at radius 2 is 1.86 bits per heavy atom. The number of nitrogens with one attached hydrogen (secondary N) is 4. The van der Waals surface area contributed by atoms with Gasteiger partial charge in [-0.25, -0.2) is 4.79 Å². The summed E-state index contributed by atoms with van der Waals surface area (Å²) in [5.41, 5.74) is 0.881. The lowest BCUT2D eigenvalue weighted by molar-refractivity contribution is -0.146. The van der Waals surface area contributed by atoms with Crippen molar-refractivity contribution in [2.45, 2.75) is 50.6 Å². The molecule has 2 aliphatic rings. The molecule has 1 aliphatic heterocycles. The Balaban J connectivity index is 1.49. The Hall–Kier alpha value is -3.27. The number of carbonyl (C=O) groups excluding carboxylic acids is 4. The first kappa shape index (κ1) is 25.8. The molecule has 0 radical (unpaired) electrons. The lowest BCUT2D eigenvalue weighted by Crippen LogP contribution is -2.53. The van der Waals surface area contributed by atoms with E-state index in [9.17, 15) is 19.2 Å². The Morgan fingerprint density at radius 1 is 1.08 bits per heavy atom. The molecule has 10 nitrogen and oxygen atoms in total. The van der Waals surface area contributed by atoms with E-state index in [4.69, 9.17) is 21.1 Å². The number of amides is 3. The number of carbonyl (C=O) groups is 4. The maximum Gasteiger partial charge on any atom is 0.328 e. The average molecular weight is 519 g/mol. The molecule has 1 aliphatic carbocycles. The van der Waals surface area contributed by atoms with E-state index < -0.39 is 35.8 Å². The molecule has 36 heavy (non-hydrogen) atoms. The minimum atomic E-state index is -0.991. The van der Waals surface area contributed by atoms with Crippen molar-refractivity contribution in [3.63, 3.8) is 0 Å². The summed E-state index contributed by atoms with van der Waals surface area (Å²) in [7, 11) is 2.75. The number of benzene rings is 1. The molecule has 1 saturated carbocycles. The van der Waals surface area contributed by atoms with E-state index in [2.05, 4.69) is 20.9 Å². The van der Waals surface area contributed by atoms with Gasteiger partial charge in [0, 0.05) is 22.9 Å². The van der Waals surface area contributed by atoms with E-state index in [1.54, 1.807) is 18.2 Å². The van der Waals surface area contributed by atoms with Crippen LogP contribution in [0.5, 0.6) is 5.75 Å². The van der Waals surface area contributed by atoms with Crippen LogP contribution < -0.4 is 20.7 Å². The summed E-state index contributed by atoms with van der Waals surface area (Å²) < 4.78 is 10.2. The maximum absolute atomic E-state index is 13.3. The second-order valence-electron chi connectivity index (χ2n) is 9.41. The highest BCUT2D eigenvalue weighted by Gasteiger charge is 2.35. The van der Waals surface area contributed by atoms with Crippen molar-refractivity contribution in [1.29, 1.82) is 0 Å². The van der Waals surface area contributed by atoms with Gasteiger partial charge in [0.05, 0.1) is 19.7 Å². The van der Waals surface area contributed by atoms with Crippen LogP contribution in [0, 0.1) is 11.8 Å². The van der Waals surface area contributed by atoms with Crippen LogP contribution in [0.2, 0.25) is 5.02 Å². The van der Waals surface area contributed by atoms with Gasteiger partial charge in [0.15, 0.2) is 0 Å². The van der Waals surface area contributed by atoms with Crippen molar-refractivity contribution in [1.82, 2.24) is 20.9 Å². The van der Waals surface area contributed by atoms with Crippen LogP contribution >= 0.6 is 11.6 Å². The molecule has 1 aromatic heterocycles. The average Bonchev–Trinajstić information content (AvgIpc) is 3.58. The van der Waals surface area contributed by atoms with Gasteiger partial charge in [-0.15, -0.1) is 0 Å². The molecule has 1 saturated heterocycles. The first-order chi connectivity index (χ1) is 17.3. The Morgan fingerprint density at radius 3 is 2.53 bits per heavy atom. The first-order valence-electron chi connectivity index (χ1n) is 12.1. The van der Waals surface area contributed by atoms with Gasteiger partial charge in [0.2, 0.25) is 11.8 Å². The topological polar surface area (TPSA) is 139 Å². The normalized spacial score (nSPS) is 19.2. The molecule has 3 amide bonds. The van der Waals surface area contributed by atoms with Gasteiger partial charge >= 0.3 is 5.97 Å². The number of methoxy groups -OCH3 is 2. The summed E-state index contributed by atoms with van der Waals surface area (Å²) in [4.78, 5) is 54.0. The maximum atomic E-state index is 13.3. The third-order valence-electron chi connectivity index (χ3n) is 6.74. The Labute approximate surface area is 213 Å². The molecule has 4 rings (SSSR count). The Bertz CT molecular complexity index is 1160. The third kappa shape index (κ3) is 6.10. The van der Waals surface area contributed by atoms with Crippen molar-refractivity contribution >= 4 is 46.2 Å². The van der Waals surface area contributed by atoms with Gasteiger partial charge in [0.25, 0.3) is 5.91 Å². The summed E-state index contributed by atoms with van der Waals surface area (Å²) in [6, 6.07) is 3.14. The van der Waals surface area contributed by atoms with Crippen molar-refractivity contribution in [2.24, 2.45) is 11.8 Å². The molecule has 2 heterocycles. The van der Waals surface area contributed by atoms with Gasteiger partial charge in [-0.3, -0.25) is 14.4 Å². The molecule has 2 aromatic rings. The molecule has 194 valence electrons. The van der Waals surface area contributed by atoms with Crippen LogP contribution in [0.3, 0.4) is 0 Å². The zero-order valence-electron chi connectivity index (χ0n) is 20.3. The fourth-order valence-corrected chi connectivity index (χ4v) is 4.80. The van der Waals surface area contributed by atoms with Gasteiger partial charge in [0.1, 0.15) is 23.5 Å². The smallest absolute Gasteiger partial charge is 0.328 e. The molecule has 1 aromatic carbocycles. The summed E-state index contributed by atoms with van der Waals surface area (Å²) in [5.74, 6) is -1.27. The molecule has 2 fully saturated rings. The number of halogens is 1. The number of piperidine rings is 1. The van der Waals surface area contributed by atoms with E-state index in [0.717, 1.165) is 19.3 Å². The van der Waals surface area contributed by atoms with Crippen LogP contribution in [-0.2, 0) is 19.1 Å². The van der Waals surface area contributed by atoms with Gasteiger partial charge in [-0.05, 0) is 49.8 Å². The van der Waals surface area contributed by atoms with Crippen molar-refractivity contribution < 1.29 is 28.7 Å². The number of hydrogen-bond acceptors (Lipinski definition) is 6. The Kier molecular flexibility index (Phi) is 8.03. The molecule has 4 N–H and O–H groups in total. The number of esters is 1. The lowest BCUT2D eigenvalue weighted by Gasteiger charge is -2.27. The first-order valence-corrected chi connectivity index (χ1v) is 12.5. The number of fused-ring (bicyclic) bond motifs is 1. The molecule has 0 bridgehead atoms. The number of rotatable bonds is 10. The highest BCUT2D eigenvalue weighted by molar-refractivity contribution is 6.31. The quantitative estimate of drug-likeness (QED) is 0.356. The molecular formula is C25H31ClN4O6. The van der Waals surface area contributed by atoms with E-state index >= 15 is 0 Å². The fraction of sp³-hybridized carbons (Fsp3) is 0.520. The van der Waals surface area contributed by atoms with Crippen LogP contribution in [0.4, 0.5) is 0 Å². The number of aromatic nitrogens is 1. The molecule has 0 spiro atoms. The largest absolute Gasteiger partial charge is 0.496 e. The lowest BCUT2D eigenvalue weighted by atomic mass is 9.91. The summed E-state index contributed by atoms with van der Waals surface area (Å²) in [6.45, 7) is 0.603. The number of aromatic amines is 1. The minimum Gasteiger partial charge on any atom is -0.496 e. The number of H-pyrrole nitrogens is 1. The minimum absolute atomic E-state index is 0.136. The number of hydrogen-bond donors (Lipinski definition) is 4. The monoisotopic (exact) mass is 518 g/mol. The standard InChI is InChI=1S/C25H31ClN4O6/c1-35-21-11-15(26)10-17-16(21)12-19(28-17)24(33)29-18(8-13-5-6-13)23(32)30-20(25(34)36-2)9-14-4-3-7-27-22(14)31/h10-14,18,20,28H,3-9H2,1-2H3,(H,27,31)(H,29,33)(H,30,32)/t14-,18-,20-/m0/s1. The van der Waals surface area contributed by atoms with Gasteiger partial charge < -0.3 is 30.4 Å². The molecule has 0 unspecified atom stereocenters. The summed E-state index contributed by atoms with van der Waals surface area (Å²) in [6.07, 6.45) is 3.97. The molecule has 3 atom stereocenters. The predicted molar refractivity (Wildman–Crippen MR) is 133 cm³/mol. The van der Waals surface area contributed by atoms with Crippen LogP contribution in [0.15, 0.2) is 18.2 Å². The van der Waals surface area contributed by atoms with E-state index in [1.165, 1.54) is 14.2 Å². The van der Waals surface area contributed by atoms with Crippen molar-refractivity contribution in [3.8, 4) is 5.75 Å². The summed E-state index contributed by atoms with van der Waals surface area (Å²) in [5, 5.41) is 9.46. The van der Waals surface area contributed by atoms with E-state index in [-0.39, 0.29) is 18.0 Å². The van der Waals surface area contributed by atoms with Crippen molar-refractivity contribution in [2.75, 3.05) is 20.8 Å². The highest BCUT2D eigenvalue weighted by atomic mass is 35.5. The fourth-order valence-electron chi connectivity index (χ4n) is 4.59. The van der Waals surface area contributed by atoms with Gasteiger partial charge in [-0.1, -0.05) is 24.4 Å².